The van der Waals surface area contributed by atoms with E-state index in [1.165, 1.54) is 0 Å². The molecule has 0 amide bonds. The van der Waals surface area contributed by atoms with Crippen molar-refractivity contribution in [2.75, 3.05) is 13.7 Å². The quantitative estimate of drug-likeness (QED) is 0.538. The first kappa shape index (κ1) is 19.2. The van der Waals surface area contributed by atoms with Gasteiger partial charge >= 0.3 is 0 Å². The molecule has 0 fully saturated rings. The van der Waals surface area contributed by atoms with E-state index in [2.05, 4.69) is 19.9 Å². The number of benzene rings is 1. The summed E-state index contributed by atoms with van der Waals surface area (Å²) in [7, 11) is 1.62. The van der Waals surface area contributed by atoms with Gasteiger partial charge in [0.2, 0.25) is 0 Å². The summed E-state index contributed by atoms with van der Waals surface area (Å²) < 4.78 is 13.4. The predicted octanol–water partition coefficient (Wildman–Crippen LogP) is 3.70. The summed E-state index contributed by atoms with van der Waals surface area (Å²) in [6.45, 7) is 2.94. The van der Waals surface area contributed by atoms with Crippen molar-refractivity contribution in [1.29, 1.82) is 0 Å². The second kappa shape index (κ2) is 9.94. The monoisotopic (exact) mass is 386 g/mol. The van der Waals surface area contributed by atoms with Gasteiger partial charge in [-0.1, -0.05) is 17.7 Å². The van der Waals surface area contributed by atoms with Crippen molar-refractivity contribution in [1.82, 2.24) is 19.9 Å². The first-order chi connectivity index (χ1) is 13.3. The van der Waals surface area contributed by atoms with Crippen LogP contribution in [0.2, 0.25) is 5.02 Å². The Morgan fingerprint density at radius 3 is 2.85 bits per heavy atom. The molecule has 3 rings (SSSR count). The Hall–Kier alpha value is -2.57. The molecule has 0 aliphatic rings. The lowest BCUT2D eigenvalue weighted by atomic mass is 10.2. The summed E-state index contributed by atoms with van der Waals surface area (Å²) in [6, 6.07) is 7.69. The van der Waals surface area contributed by atoms with E-state index in [1.807, 2.05) is 36.8 Å². The topological polar surface area (TPSA) is 61.2 Å². The third-order valence-corrected chi connectivity index (χ3v) is 4.33. The van der Waals surface area contributed by atoms with Crippen LogP contribution >= 0.6 is 11.6 Å². The highest BCUT2D eigenvalue weighted by Crippen LogP contribution is 2.36. The summed E-state index contributed by atoms with van der Waals surface area (Å²) in [6.07, 6.45) is 10.1. The average molecular weight is 387 g/mol. The van der Waals surface area contributed by atoms with Crippen LogP contribution in [-0.2, 0) is 19.7 Å². The number of nitrogens with zero attached hydrogens (tertiary/aromatic N) is 3. The van der Waals surface area contributed by atoms with Crippen molar-refractivity contribution in [2.45, 2.75) is 26.1 Å². The molecule has 0 saturated carbocycles. The number of aryl methyl sites for hydroxylation is 1. The molecule has 0 radical (unpaired) electrons. The molecule has 0 atom stereocenters. The van der Waals surface area contributed by atoms with Crippen molar-refractivity contribution in [3.63, 3.8) is 0 Å². The maximum atomic E-state index is 6.43. The minimum Gasteiger partial charge on any atom is -0.493 e. The van der Waals surface area contributed by atoms with Gasteiger partial charge in [0.15, 0.2) is 11.5 Å². The largest absolute Gasteiger partial charge is 0.493 e. The fourth-order valence-corrected chi connectivity index (χ4v) is 2.98. The molecule has 27 heavy (non-hydrogen) atoms. The molecule has 0 bridgehead atoms. The highest BCUT2D eigenvalue weighted by atomic mass is 35.5. The van der Waals surface area contributed by atoms with Gasteiger partial charge in [-0.05, 0) is 36.7 Å². The Bertz CT molecular complexity index is 826. The van der Waals surface area contributed by atoms with Crippen molar-refractivity contribution >= 4 is 11.6 Å². The van der Waals surface area contributed by atoms with Crippen LogP contribution in [0.25, 0.3) is 0 Å². The van der Waals surface area contributed by atoms with E-state index in [9.17, 15) is 0 Å². The van der Waals surface area contributed by atoms with Crippen LogP contribution in [0.3, 0.4) is 0 Å². The molecule has 2 aromatic heterocycles. The highest BCUT2D eigenvalue weighted by molar-refractivity contribution is 6.32. The number of halogens is 1. The van der Waals surface area contributed by atoms with Crippen molar-refractivity contribution in [2.24, 2.45) is 0 Å². The Morgan fingerprint density at radius 1 is 1.19 bits per heavy atom. The normalized spacial score (nSPS) is 10.7. The van der Waals surface area contributed by atoms with Crippen molar-refractivity contribution in [3.8, 4) is 11.5 Å². The van der Waals surface area contributed by atoms with Crippen LogP contribution in [0.15, 0.2) is 55.4 Å². The second-order valence-corrected chi connectivity index (χ2v) is 6.50. The molecule has 7 heteroatoms. The number of rotatable bonds is 10. The Kier molecular flexibility index (Phi) is 7.07. The SMILES string of the molecule is COc1cc(CNCCCn2ccnc2)cc(Cl)c1OCc1cccnc1. The zero-order chi connectivity index (χ0) is 18.9. The molecule has 3 aromatic rings. The summed E-state index contributed by atoms with van der Waals surface area (Å²) in [4.78, 5) is 8.12. The van der Waals surface area contributed by atoms with E-state index in [-0.39, 0.29) is 0 Å². The van der Waals surface area contributed by atoms with Crippen LogP contribution in [0.1, 0.15) is 17.5 Å². The minimum atomic E-state index is 0.385. The number of hydrogen-bond acceptors (Lipinski definition) is 5. The number of aromatic nitrogens is 3. The number of nitrogens with one attached hydrogen (secondary N) is 1. The van der Waals surface area contributed by atoms with E-state index in [4.69, 9.17) is 21.1 Å². The Balaban J connectivity index is 1.53. The lowest BCUT2D eigenvalue weighted by molar-refractivity contribution is 0.284. The molecular weight excluding hydrogens is 364 g/mol. The first-order valence-corrected chi connectivity index (χ1v) is 9.18. The number of hydrogen-bond donors (Lipinski definition) is 1. The molecular formula is C20H23ClN4O2. The summed E-state index contributed by atoms with van der Waals surface area (Å²) in [5.41, 5.74) is 2.02. The van der Waals surface area contributed by atoms with E-state index in [0.29, 0.717) is 29.7 Å². The van der Waals surface area contributed by atoms with Crippen molar-refractivity contribution in [3.05, 3.63) is 71.5 Å². The van der Waals surface area contributed by atoms with Crippen LogP contribution in [0.5, 0.6) is 11.5 Å². The zero-order valence-electron chi connectivity index (χ0n) is 15.3. The fourth-order valence-electron chi connectivity index (χ4n) is 2.69. The molecule has 0 unspecified atom stereocenters. The van der Waals surface area contributed by atoms with Crippen molar-refractivity contribution < 1.29 is 9.47 Å². The van der Waals surface area contributed by atoms with Crippen LogP contribution in [-0.4, -0.2) is 28.2 Å². The maximum Gasteiger partial charge on any atom is 0.180 e. The van der Waals surface area contributed by atoms with Gasteiger partial charge in [-0.25, -0.2) is 4.98 Å². The van der Waals surface area contributed by atoms with Crippen LogP contribution in [0, 0.1) is 0 Å². The maximum absolute atomic E-state index is 6.43. The third-order valence-electron chi connectivity index (χ3n) is 4.05. The Morgan fingerprint density at radius 2 is 2.11 bits per heavy atom. The second-order valence-electron chi connectivity index (χ2n) is 6.09. The molecule has 1 N–H and O–H groups in total. The zero-order valence-corrected chi connectivity index (χ0v) is 16.0. The first-order valence-electron chi connectivity index (χ1n) is 8.81. The standard InChI is InChI=1S/C20H23ClN4O2/c1-26-19-11-17(13-23-6-3-8-25-9-7-24-15-25)10-18(21)20(19)27-14-16-4-2-5-22-12-16/h2,4-5,7,9-12,15,23H,3,6,8,13-14H2,1H3. The van der Waals surface area contributed by atoms with Gasteiger partial charge in [-0.15, -0.1) is 0 Å². The number of methoxy groups -OCH3 is 1. The van der Waals surface area contributed by atoms with Gasteiger partial charge in [-0.2, -0.15) is 0 Å². The Labute approximate surface area is 164 Å². The van der Waals surface area contributed by atoms with E-state index >= 15 is 0 Å². The van der Waals surface area contributed by atoms with Gasteiger partial charge in [-0.3, -0.25) is 4.98 Å². The van der Waals surface area contributed by atoms with Gasteiger partial charge in [0.05, 0.1) is 18.5 Å². The lowest BCUT2D eigenvalue weighted by Crippen LogP contribution is -2.16. The minimum absolute atomic E-state index is 0.385. The number of ether oxygens (including phenoxy) is 2. The fraction of sp³-hybridized carbons (Fsp3) is 0.300. The van der Waals surface area contributed by atoms with E-state index in [1.54, 1.807) is 25.7 Å². The molecule has 142 valence electrons. The molecule has 0 spiro atoms. The average Bonchev–Trinajstić information content (AvgIpc) is 3.21. The molecule has 1 aromatic carbocycles. The summed E-state index contributed by atoms with van der Waals surface area (Å²) >= 11 is 6.43. The van der Waals surface area contributed by atoms with E-state index in [0.717, 1.165) is 30.6 Å². The van der Waals surface area contributed by atoms with Gasteiger partial charge < -0.3 is 19.4 Å². The highest BCUT2D eigenvalue weighted by Gasteiger charge is 2.12. The molecule has 2 heterocycles. The van der Waals surface area contributed by atoms with Crippen LogP contribution in [0.4, 0.5) is 0 Å². The smallest absolute Gasteiger partial charge is 0.180 e. The van der Waals surface area contributed by atoms with Gasteiger partial charge in [0.1, 0.15) is 6.61 Å². The summed E-state index contributed by atoms with van der Waals surface area (Å²) in [5, 5.41) is 3.96. The summed E-state index contributed by atoms with van der Waals surface area (Å²) in [5.74, 6) is 1.17. The molecule has 6 nitrogen and oxygen atoms in total. The molecule has 0 aliphatic heterocycles. The third kappa shape index (κ3) is 5.70. The number of imidazole rings is 1. The van der Waals surface area contributed by atoms with E-state index < -0.39 is 0 Å². The van der Waals surface area contributed by atoms with Gasteiger partial charge in [0, 0.05) is 43.4 Å². The van der Waals surface area contributed by atoms with Gasteiger partial charge in [0.25, 0.3) is 0 Å². The lowest BCUT2D eigenvalue weighted by Gasteiger charge is -2.14. The molecule has 0 aliphatic carbocycles. The van der Waals surface area contributed by atoms with Crippen LogP contribution < -0.4 is 14.8 Å². The number of pyridine rings is 1. The predicted molar refractivity (Wildman–Crippen MR) is 105 cm³/mol. The molecule has 0 saturated heterocycles.